The highest BCUT2D eigenvalue weighted by Gasteiger charge is 2.17. The lowest BCUT2D eigenvalue weighted by atomic mass is 10.1. The molecule has 0 heterocycles. The highest BCUT2D eigenvalue weighted by Crippen LogP contribution is 2.27. The predicted molar refractivity (Wildman–Crippen MR) is 95.1 cm³/mol. The van der Waals surface area contributed by atoms with Gasteiger partial charge in [-0.2, -0.15) is 0 Å². The summed E-state index contributed by atoms with van der Waals surface area (Å²) in [5.41, 5.74) is 4.26. The van der Waals surface area contributed by atoms with E-state index in [1.807, 2.05) is 26.8 Å². The summed E-state index contributed by atoms with van der Waals surface area (Å²) < 4.78 is 20.2. The molecule has 3 nitrogen and oxygen atoms in total. The van der Waals surface area contributed by atoms with Crippen molar-refractivity contribution in [2.75, 3.05) is 11.9 Å². The standard InChI is InChI=1S/C20H24FNO2/c1-6-20(23)22(5)18-9-7-8-17(21)16(18)12-24-19-11-14(3)13(2)10-15(19)4/h7-11H,6,12H2,1-5H3. The van der Waals surface area contributed by atoms with E-state index in [0.29, 0.717) is 17.7 Å². The second-order valence-electron chi connectivity index (χ2n) is 6.03. The topological polar surface area (TPSA) is 29.5 Å². The number of anilines is 1. The number of rotatable bonds is 5. The number of ether oxygens (including phenoxy) is 1. The third kappa shape index (κ3) is 3.75. The van der Waals surface area contributed by atoms with E-state index in [1.54, 1.807) is 26.1 Å². The fourth-order valence-electron chi connectivity index (χ4n) is 2.62. The van der Waals surface area contributed by atoms with Crippen molar-refractivity contribution in [1.29, 1.82) is 0 Å². The van der Waals surface area contributed by atoms with Gasteiger partial charge in [0.25, 0.3) is 0 Å². The highest BCUT2D eigenvalue weighted by atomic mass is 19.1. The molecule has 0 bridgehead atoms. The van der Waals surface area contributed by atoms with Crippen LogP contribution in [0.1, 0.15) is 35.6 Å². The molecule has 2 aromatic carbocycles. The molecule has 0 aliphatic rings. The zero-order valence-corrected chi connectivity index (χ0v) is 14.9. The van der Waals surface area contributed by atoms with E-state index in [2.05, 4.69) is 6.07 Å². The van der Waals surface area contributed by atoms with E-state index in [4.69, 9.17) is 4.74 Å². The Hall–Kier alpha value is -2.36. The van der Waals surface area contributed by atoms with Crippen LogP contribution in [-0.4, -0.2) is 13.0 Å². The van der Waals surface area contributed by atoms with Crippen LogP contribution in [0.3, 0.4) is 0 Å². The number of nitrogens with zero attached hydrogens (tertiary/aromatic N) is 1. The summed E-state index contributed by atoms with van der Waals surface area (Å²) in [7, 11) is 1.66. The minimum atomic E-state index is -0.371. The van der Waals surface area contributed by atoms with Crippen molar-refractivity contribution >= 4 is 11.6 Å². The second-order valence-corrected chi connectivity index (χ2v) is 6.03. The van der Waals surface area contributed by atoms with Crippen LogP contribution >= 0.6 is 0 Å². The first-order valence-electron chi connectivity index (χ1n) is 8.09. The number of hydrogen-bond donors (Lipinski definition) is 0. The molecule has 0 saturated carbocycles. The Morgan fingerprint density at radius 1 is 1.12 bits per heavy atom. The summed E-state index contributed by atoms with van der Waals surface area (Å²) in [6, 6.07) is 8.75. The molecule has 128 valence electrons. The van der Waals surface area contributed by atoms with Crippen molar-refractivity contribution in [3.8, 4) is 5.75 Å². The van der Waals surface area contributed by atoms with Crippen LogP contribution < -0.4 is 9.64 Å². The smallest absolute Gasteiger partial charge is 0.226 e. The first-order chi connectivity index (χ1) is 11.3. The van der Waals surface area contributed by atoms with Crippen molar-refractivity contribution < 1.29 is 13.9 Å². The molecule has 2 aromatic rings. The van der Waals surface area contributed by atoms with Crippen molar-refractivity contribution in [2.24, 2.45) is 0 Å². The first-order valence-corrected chi connectivity index (χ1v) is 8.09. The maximum Gasteiger partial charge on any atom is 0.226 e. The minimum absolute atomic E-state index is 0.0655. The van der Waals surface area contributed by atoms with Gasteiger partial charge in [-0.25, -0.2) is 4.39 Å². The second kappa shape index (κ2) is 7.47. The van der Waals surface area contributed by atoms with Gasteiger partial charge >= 0.3 is 0 Å². The molecule has 0 atom stereocenters. The van der Waals surface area contributed by atoms with Gasteiger partial charge in [-0.15, -0.1) is 0 Å². The van der Waals surface area contributed by atoms with Crippen molar-refractivity contribution in [3.05, 3.63) is 58.4 Å². The van der Waals surface area contributed by atoms with Crippen LogP contribution in [0.5, 0.6) is 5.75 Å². The SMILES string of the molecule is CCC(=O)N(C)c1cccc(F)c1COc1cc(C)c(C)cc1C. The zero-order chi connectivity index (χ0) is 17.9. The van der Waals surface area contributed by atoms with Crippen molar-refractivity contribution in [2.45, 2.75) is 40.7 Å². The van der Waals surface area contributed by atoms with Gasteiger partial charge in [-0.3, -0.25) is 4.79 Å². The van der Waals surface area contributed by atoms with Crippen LogP contribution in [0.15, 0.2) is 30.3 Å². The van der Waals surface area contributed by atoms with Crippen molar-refractivity contribution in [1.82, 2.24) is 0 Å². The van der Waals surface area contributed by atoms with E-state index in [-0.39, 0.29) is 18.3 Å². The van der Waals surface area contributed by atoms with E-state index in [1.165, 1.54) is 16.5 Å². The summed E-state index contributed by atoms with van der Waals surface area (Å²) in [5, 5.41) is 0. The van der Waals surface area contributed by atoms with E-state index >= 15 is 0 Å². The van der Waals surface area contributed by atoms with Gasteiger partial charge in [0.15, 0.2) is 0 Å². The molecular formula is C20H24FNO2. The van der Waals surface area contributed by atoms with Crippen molar-refractivity contribution in [3.63, 3.8) is 0 Å². The summed E-state index contributed by atoms with van der Waals surface area (Å²) in [4.78, 5) is 13.4. The lowest BCUT2D eigenvalue weighted by Gasteiger charge is -2.21. The molecule has 0 aliphatic heterocycles. The van der Waals surface area contributed by atoms with Crippen LogP contribution in [0.2, 0.25) is 0 Å². The lowest BCUT2D eigenvalue weighted by molar-refractivity contribution is -0.118. The molecule has 0 aromatic heterocycles. The Kier molecular flexibility index (Phi) is 5.60. The molecule has 0 N–H and O–H groups in total. The number of aryl methyl sites for hydroxylation is 3. The Labute approximate surface area is 143 Å². The Morgan fingerprint density at radius 2 is 1.79 bits per heavy atom. The molecule has 0 aliphatic carbocycles. The van der Waals surface area contributed by atoms with Gasteiger partial charge in [0.2, 0.25) is 5.91 Å². The molecule has 4 heteroatoms. The molecule has 0 fully saturated rings. The summed E-state index contributed by atoms with van der Waals surface area (Å²) in [6.45, 7) is 7.90. The minimum Gasteiger partial charge on any atom is -0.488 e. The molecular weight excluding hydrogens is 305 g/mol. The fraction of sp³-hybridized carbons (Fsp3) is 0.350. The van der Waals surface area contributed by atoms with Crippen LogP contribution in [0, 0.1) is 26.6 Å². The van der Waals surface area contributed by atoms with Crippen LogP contribution in [0.25, 0.3) is 0 Å². The van der Waals surface area contributed by atoms with Gasteiger partial charge in [-0.05, 0) is 55.7 Å². The summed E-state index contributed by atoms with van der Waals surface area (Å²) >= 11 is 0. The summed E-state index contributed by atoms with van der Waals surface area (Å²) in [6.07, 6.45) is 0.365. The maximum atomic E-state index is 14.3. The molecule has 0 radical (unpaired) electrons. The largest absolute Gasteiger partial charge is 0.488 e. The number of benzene rings is 2. The van der Waals surface area contributed by atoms with Gasteiger partial charge in [0, 0.05) is 19.0 Å². The lowest BCUT2D eigenvalue weighted by Crippen LogP contribution is -2.26. The Bertz CT molecular complexity index is 756. The van der Waals surface area contributed by atoms with Gasteiger partial charge in [-0.1, -0.05) is 19.1 Å². The third-order valence-corrected chi connectivity index (χ3v) is 4.30. The number of carbonyl (C=O) groups excluding carboxylic acids is 1. The Morgan fingerprint density at radius 3 is 2.46 bits per heavy atom. The Balaban J connectivity index is 2.30. The first kappa shape index (κ1) is 18.0. The predicted octanol–water partition coefficient (Wildman–Crippen LogP) is 4.70. The average Bonchev–Trinajstić information content (AvgIpc) is 2.56. The van der Waals surface area contributed by atoms with Crippen LogP contribution in [-0.2, 0) is 11.4 Å². The van der Waals surface area contributed by atoms with Gasteiger partial charge in [0.05, 0.1) is 5.69 Å². The molecule has 0 saturated heterocycles. The normalized spacial score (nSPS) is 10.6. The third-order valence-electron chi connectivity index (χ3n) is 4.30. The van der Waals surface area contributed by atoms with Gasteiger partial charge < -0.3 is 9.64 Å². The van der Waals surface area contributed by atoms with E-state index in [0.717, 1.165) is 16.9 Å². The molecule has 0 unspecified atom stereocenters. The number of carbonyl (C=O) groups is 1. The summed E-state index contributed by atoms with van der Waals surface area (Å²) in [5.74, 6) is 0.297. The number of hydrogen-bond acceptors (Lipinski definition) is 2. The fourth-order valence-corrected chi connectivity index (χ4v) is 2.62. The number of amides is 1. The van der Waals surface area contributed by atoms with E-state index < -0.39 is 0 Å². The number of halogens is 1. The zero-order valence-electron chi connectivity index (χ0n) is 14.9. The molecule has 2 rings (SSSR count). The van der Waals surface area contributed by atoms with E-state index in [9.17, 15) is 9.18 Å². The monoisotopic (exact) mass is 329 g/mol. The van der Waals surface area contributed by atoms with Crippen LogP contribution in [0.4, 0.5) is 10.1 Å². The highest BCUT2D eigenvalue weighted by molar-refractivity contribution is 5.93. The molecule has 1 amide bonds. The average molecular weight is 329 g/mol. The molecule has 0 spiro atoms. The molecule has 24 heavy (non-hydrogen) atoms. The van der Waals surface area contributed by atoms with Gasteiger partial charge in [0.1, 0.15) is 18.2 Å². The maximum absolute atomic E-state index is 14.3. The quantitative estimate of drug-likeness (QED) is 0.795.